The van der Waals surface area contributed by atoms with E-state index in [4.69, 9.17) is 21.1 Å². The van der Waals surface area contributed by atoms with E-state index in [9.17, 15) is 4.79 Å². The topological polar surface area (TPSA) is 50.8 Å². The molecule has 1 fully saturated rings. The van der Waals surface area contributed by atoms with Crippen LogP contribution in [-0.4, -0.2) is 56.3 Å². The first-order valence-corrected chi connectivity index (χ1v) is 8.07. The molecule has 1 saturated heterocycles. The lowest BCUT2D eigenvalue weighted by Gasteiger charge is -2.26. The van der Waals surface area contributed by atoms with Crippen molar-refractivity contribution < 1.29 is 14.3 Å². The molecule has 0 unspecified atom stereocenters. The van der Waals surface area contributed by atoms with E-state index in [0.717, 1.165) is 32.8 Å². The van der Waals surface area contributed by atoms with Crippen LogP contribution in [0.3, 0.4) is 0 Å². The molecule has 1 aliphatic heterocycles. The van der Waals surface area contributed by atoms with Gasteiger partial charge in [-0.1, -0.05) is 24.6 Å². The molecule has 2 rings (SSSR count). The highest BCUT2D eigenvalue weighted by atomic mass is 35.5. The zero-order chi connectivity index (χ0) is 15.8. The maximum atomic E-state index is 12.2. The number of hydrogen-bond acceptors (Lipinski definition) is 4. The standard InChI is InChI=1S/C16H23ClN2O3/c1-2-15(22-14-5-3-4-13(17)12-14)16(20)18-6-7-19-8-10-21-11-9-19/h3-5,12,15H,2,6-11H2,1H3,(H,18,20)/t15-/m0/s1. The maximum Gasteiger partial charge on any atom is 0.261 e. The molecular formula is C16H23ClN2O3. The number of rotatable bonds is 7. The molecule has 1 heterocycles. The molecule has 6 heteroatoms. The van der Waals surface area contributed by atoms with Gasteiger partial charge in [0.1, 0.15) is 5.75 Å². The normalized spacial score (nSPS) is 17.0. The number of halogens is 1. The van der Waals surface area contributed by atoms with Crippen LogP contribution in [0.25, 0.3) is 0 Å². The lowest BCUT2D eigenvalue weighted by Crippen LogP contribution is -2.44. The maximum absolute atomic E-state index is 12.2. The van der Waals surface area contributed by atoms with Crippen LogP contribution in [0.5, 0.6) is 5.75 Å². The van der Waals surface area contributed by atoms with Gasteiger partial charge in [0.2, 0.25) is 0 Å². The van der Waals surface area contributed by atoms with Crippen LogP contribution < -0.4 is 10.1 Å². The Morgan fingerprint density at radius 1 is 1.45 bits per heavy atom. The minimum atomic E-state index is -0.497. The Morgan fingerprint density at radius 2 is 2.23 bits per heavy atom. The first kappa shape index (κ1) is 17.1. The third-order valence-corrected chi connectivity index (χ3v) is 3.80. The van der Waals surface area contributed by atoms with Crippen LogP contribution in [-0.2, 0) is 9.53 Å². The number of nitrogens with one attached hydrogen (secondary N) is 1. The van der Waals surface area contributed by atoms with Gasteiger partial charge in [-0.15, -0.1) is 0 Å². The van der Waals surface area contributed by atoms with Gasteiger partial charge in [0.15, 0.2) is 6.10 Å². The van der Waals surface area contributed by atoms with Gasteiger partial charge in [-0.05, 0) is 24.6 Å². The van der Waals surface area contributed by atoms with Crippen LogP contribution in [0, 0.1) is 0 Å². The highest BCUT2D eigenvalue weighted by Crippen LogP contribution is 2.19. The minimum Gasteiger partial charge on any atom is -0.481 e. The third kappa shape index (κ3) is 5.48. The fraction of sp³-hybridized carbons (Fsp3) is 0.562. The fourth-order valence-electron chi connectivity index (χ4n) is 2.30. The summed E-state index contributed by atoms with van der Waals surface area (Å²) in [5.74, 6) is 0.526. The molecule has 1 aromatic rings. The zero-order valence-corrected chi connectivity index (χ0v) is 13.6. The van der Waals surface area contributed by atoms with Gasteiger partial charge < -0.3 is 14.8 Å². The van der Waals surface area contributed by atoms with Crippen molar-refractivity contribution in [3.8, 4) is 5.75 Å². The zero-order valence-electron chi connectivity index (χ0n) is 12.9. The van der Waals surface area contributed by atoms with E-state index in [2.05, 4.69) is 10.2 Å². The van der Waals surface area contributed by atoms with E-state index in [1.165, 1.54) is 0 Å². The molecule has 1 atom stereocenters. The van der Waals surface area contributed by atoms with Crippen molar-refractivity contribution in [3.05, 3.63) is 29.3 Å². The predicted octanol–water partition coefficient (Wildman–Crippen LogP) is 1.95. The lowest BCUT2D eigenvalue weighted by atomic mass is 10.2. The Kier molecular flexibility index (Phi) is 6.96. The smallest absolute Gasteiger partial charge is 0.261 e. The average molecular weight is 327 g/mol. The molecule has 0 bridgehead atoms. The molecule has 1 amide bonds. The molecule has 122 valence electrons. The molecule has 0 aromatic heterocycles. The van der Waals surface area contributed by atoms with E-state index in [1.54, 1.807) is 24.3 Å². The number of amides is 1. The number of nitrogens with zero attached hydrogens (tertiary/aromatic N) is 1. The van der Waals surface area contributed by atoms with Crippen LogP contribution in [0.2, 0.25) is 5.02 Å². The van der Waals surface area contributed by atoms with Gasteiger partial charge in [-0.3, -0.25) is 9.69 Å². The van der Waals surface area contributed by atoms with Crippen molar-refractivity contribution in [2.75, 3.05) is 39.4 Å². The van der Waals surface area contributed by atoms with Crippen LogP contribution in [0.1, 0.15) is 13.3 Å². The molecule has 0 saturated carbocycles. The van der Waals surface area contributed by atoms with E-state index in [1.807, 2.05) is 6.92 Å². The molecule has 22 heavy (non-hydrogen) atoms. The second kappa shape index (κ2) is 8.98. The fourth-order valence-corrected chi connectivity index (χ4v) is 2.48. The quantitative estimate of drug-likeness (QED) is 0.832. The van der Waals surface area contributed by atoms with Crippen molar-refractivity contribution in [2.24, 2.45) is 0 Å². The van der Waals surface area contributed by atoms with E-state index in [-0.39, 0.29) is 5.91 Å². The predicted molar refractivity (Wildman–Crippen MR) is 86.4 cm³/mol. The van der Waals surface area contributed by atoms with E-state index >= 15 is 0 Å². The second-order valence-corrected chi connectivity index (χ2v) is 5.65. The Labute approximate surface area is 136 Å². The average Bonchev–Trinajstić information content (AvgIpc) is 2.53. The summed E-state index contributed by atoms with van der Waals surface area (Å²) >= 11 is 5.92. The van der Waals surface area contributed by atoms with Gasteiger partial charge >= 0.3 is 0 Å². The van der Waals surface area contributed by atoms with Crippen molar-refractivity contribution in [1.29, 1.82) is 0 Å². The summed E-state index contributed by atoms with van der Waals surface area (Å²) in [6.45, 7) is 6.76. The van der Waals surface area contributed by atoms with Crippen molar-refractivity contribution in [2.45, 2.75) is 19.4 Å². The van der Waals surface area contributed by atoms with Gasteiger partial charge in [0, 0.05) is 31.2 Å². The number of morpholine rings is 1. The summed E-state index contributed by atoms with van der Waals surface area (Å²) in [7, 11) is 0. The molecule has 0 spiro atoms. The van der Waals surface area contributed by atoms with Crippen molar-refractivity contribution >= 4 is 17.5 Å². The van der Waals surface area contributed by atoms with Gasteiger partial charge in [0.05, 0.1) is 13.2 Å². The summed E-state index contributed by atoms with van der Waals surface area (Å²) in [6, 6.07) is 7.10. The molecule has 1 aromatic carbocycles. The lowest BCUT2D eigenvalue weighted by molar-refractivity contribution is -0.128. The van der Waals surface area contributed by atoms with E-state index in [0.29, 0.717) is 23.7 Å². The second-order valence-electron chi connectivity index (χ2n) is 5.22. The molecule has 1 aliphatic rings. The Bertz CT molecular complexity index is 478. The summed E-state index contributed by atoms with van der Waals surface area (Å²) in [6.07, 6.45) is 0.110. The number of carbonyl (C=O) groups is 1. The summed E-state index contributed by atoms with van der Waals surface area (Å²) in [4.78, 5) is 14.5. The SMILES string of the molecule is CC[C@H](Oc1cccc(Cl)c1)C(=O)NCCN1CCOCC1. The minimum absolute atomic E-state index is 0.0873. The monoisotopic (exact) mass is 326 g/mol. The largest absolute Gasteiger partial charge is 0.481 e. The molecule has 0 aliphatic carbocycles. The highest BCUT2D eigenvalue weighted by Gasteiger charge is 2.18. The van der Waals surface area contributed by atoms with Crippen molar-refractivity contribution in [3.63, 3.8) is 0 Å². The Hall–Kier alpha value is -1.30. The number of carbonyl (C=O) groups excluding carboxylic acids is 1. The van der Waals surface area contributed by atoms with Crippen LogP contribution in [0.4, 0.5) is 0 Å². The van der Waals surface area contributed by atoms with Crippen molar-refractivity contribution in [1.82, 2.24) is 10.2 Å². The third-order valence-electron chi connectivity index (χ3n) is 3.57. The first-order chi connectivity index (χ1) is 10.7. The van der Waals surface area contributed by atoms with Gasteiger partial charge in [-0.2, -0.15) is 0 Å². The van der Waals surface area contributed by atoms with Crippen LogP contribution in [0.15, 0.2) is 24.3 Å². The highest BCUT2D eigenvalue weighted by molar-refractivity contribution is 6.30. The number of hydrogen-bond donors (Lipinski definition) is 1. The van der Waals surface area contributed by atoms with Crippen LogP contribution >= 0.6 is 11.6 Å². The summed E-state index contributed by atoms with van der Waals surface area (Å²) in [5, 5.41) is 3.53. The molecule has 0 radical (unpaired) electrons. The first-order valence-electron chi connectivity index (χ1n) is 7.69. The molecule has 1 N–H and O–H groups in total. The summed E-state index contributed by atoms with van der Waals surface area (Å²) < 4.78 is 11.0. The summed E-state index contributed by atoms with van der Waals surface area (Å²) in [5.41, 5.74) is 0. The number of benzene rings is 1. The molecule has 5 nitrogen and oxygen atoms in total. The van der Waals surface area contributed by atoms with Gasteiger partial charge in [-0.25, -0.2) is 0 Å². The Balaban J connectivity index is 1.76. The van der Waals surface area contributed by atoms with E-state index < -0.39 is 6.10 Å². The number of ether oxygens (including phenoxy) is 2. The van der Waals surface area contributed by atoms with Gasteiger partial charge in [0.25, 0.3) is 5.91 Å². The Morgan fingerprint density at radius 3 is 2.91 bits per heavy atom. The molecular weight excluding hydrogens is 304 g/mol.